The average Bonchev–Trinajstić information content (AvgIpc) is 2.68. The molecule has 1 aliphatic carbocycles. The van der Waals surface area contributed by atoms with Crippen molar-refractivity contribution in [2.24, 2.45) is 11.3 Å². The molecule has 3 atom stereocenters. The fourth-order valence-electron chi connectivity index (χ4n) is 2.47. The predicted octanol–water partition coefficient (Wildman–Crippen LogP) is 0.283. The van der Waals surface area contributed by atoms with Crippen molar-refractivity contribution in [3.63, 3.8) is 0 Å². The van der Waals surface area contributed by atoms with Gasteiger partial charge < -0.3 is 10.4 Å². The number of hydrogen-bond donors (Lipinski definition) is 2. The summed E-state index contributed by atoms with van der Waals surface area (Å²) in [5, 5.41) is 11.7. The van der Waals surface area contributed by atoms with Gasteiger partial charge in [0.15, 0.2) is 0 Å². The van der Waals surface area contributed by atoms with Crippen LogP contribution in [0.3, 0.4) is 0 Å². The van der Waals surface area contributed by atoms with E-state index in [1.807, 2.05) is 0 Å². The first-order valence-corrected chi connectivity index (χ1v) is 4.64. The number of carbonyl (C=O) groups is 1. The SMILES string of the molecule is CCC1CC12CC(CO)NC2=O. The Morgan fingerprint density at radius 1 is 1.67 bits per heavy atom. The first kappa shape index (κ1) is 8.05. The fourth-order valence-corrected chi connectivity index (χ4v) is 2.47. The van der Waals surface area contributed by atoms with Gasteiger partial charge in [-0.1, -0.05) is 13.3 Å². The lowest BCUT2D eigenvalue weighted by Crippen LogP contribution is -2.29. The van der Waals surface area contributed by atoms with Crippen LogP contribution in [0.15, 0.2) is 0 Å². The Hall–Kier alpha value is -0.570. The Morgan fingerprint density at radius 3 is 2.83 bits per heavy atom. The molecule has 1 saturated heterocycles. The Balaban J connectivity index is 2.06. The van der Waals surface area contributed by atoms with Crippen LogP contribution < -0.4 is 5.32 Å². The molecule has 0 aromatic heterocycles. The third-order valence-electron chi connectivity index (χ3n) is 3.34. The van der Waals surface area contributed by atoms with Gasteiger partial charge in [0.25, 0.3) is 0 Å². The molecule has 1 heterocycles. The highest BCUT2D eigenvalue weighted by atomic mass is 16.3. The van der Waals surface area contributed by atoms with Gasteiger partial charge in [-0.3, -0.25) is 4.79 Å². The van der Waals surface area contributed by atoms with E-state index in [2.05, 4.69) is 12.2 Å². The van der Waals surface area contributed by atoms with Crippen LogP contribution in [0.1, 0.15) is 26.2 Å². The molecule has 1 amide bonds. The monoisotopic (exact) mass is 169 g/mol. The maximum absolute atomic E-state index is 11.5. The maximum Gasteiger partial charge on any atom is 0.226 e. The van der Waals surface area contributed by atoms with Gasteiger partial charge in [0, 0.05) is 0 Å². The molecule has 1 saturated carbocycles. The molecule has 3 unspecified atom stereocenters. The lowest BCUT2D eigenvalue weighted by Gasteiger charge is -2.03. The van der Waals surface area contributed by atoms with Gasteiger partial charge in [0.1, 0.15) is 0 Å². The van der Waals surface area contributed by atoms with Gasteiger partial charge in [0.05, 0.1) is 18.1 Å². The van der Waals surface area contributed by atoms with Gasteiger partial charge in [0.2, 0.25) is 5.91 Å². The number of nitrogens with one attached hydrogen (secondary N) is 1. The van der Waals surface area contributed by atoms with Crippen LogP contribution in [0.5, 0.6) is 0 Å². The normalized spacial score (nSPS) is 45.0. The minimum atomic E-state index is -0.0673. The maximum atomic E-state index is 11.5. The van der Waals surface area contributed by atoms with Crippen molar-refractivity contribution in [2.75, 3.05) is 6.61 Å². The highest BCUT2D eigenvalue weighted by molar-refractivity contribution is 5.88. The Morgan fingerprint density at radius 2 is 2.42 bits per heavy atom. The zero-order chi connectivity index (χ0) is 8.77. The van der Waals surface area contributed by atoms with E-state index in [-0.39, 0.29) is 24.0 Å². The van der Waals surface area contributed by atoms with Crippen molar-refractivity contribution in [2.45, 2.75) is 32.2 Å². The Labute approximate surface area is 72.2 Å². The molecule has 3 heteroatoms. The molecule has 1 aliphatic heterocycles. The third-order valence-corrected chi connectivity index (χ3v) is 3.34. The number of carbonyl (C=O) groups excluding carboxylic acids is 1. The summed E-state index contributed by atoms with van der Waals surface area (Å²) in [6, 6.07) is 0.0223. The summed E-state index contributed by atoms with van der Waals surface area (Å²) in [6.07, 6.45) is 2.97. The van der Waals surface area contributed by atoms with Crippen LogP contribution in [-0.2, 0) is 4.79 Å². The molecule has 0 bridgehead atoms. The van der Waals surface area contributed by atoms with Crippen molar-refractivity contribution in [3.05, 3.63) is 0 Å². The summed E-state index contributed by atoms with van der Waals surface area (Å²) < 4.78 is 0. The summed E-state index contributed by atoms with van der Waals surface area (Å²) in [6.45, 7) is 2.21. The molecule has 2 fully saturated rings. The number of rotatable bonds is 2. The summed E-state index contributed by atoms with van der Waals surface area (Å²) >= 11 is 0. The molecule has 1 spiro atoms. The van der Waals surface area contributed by atoms with Gasteiger partial charge in [-0.15, -0.1) is 0 Å². The van der Waals surface area contributed by atoms with Crippen molar-refractivity contribution in [3.8, 4) is 0 Å². The largest absolute Gasteiger partial charge is 0.394 e. The summed E-state index contributed by atoms with van der Waals surface area (Å²) in [5.41, 5.74) is -0.0673. The van der Waals surface area contributed by atoms with Crippen molar-refractivity contribution in [1.29, 1.82) is 0 Å². The number of aliphatic hydroxyl groups excluding tert-OH is 1. The Kier molecular flexibility index (Phi) is 1.65. The number of aliphatic hydroxyl groups is 1. The van der Waals surface area contributed by atoms with E-state index in [0.29, 0.717) is 5.92 Å². The highest BCUT2D eigenvalue weighted by Gasteiger charge is 2.62. The molecular formula is C9H15NO2. The first-order valence-electron chi connectivity index (χ1n) is 4.64. The van der Waals surface area contributed by atoms with Crippen molar-refractivity contribution >= 4 is 5.91 Å². The summed E-state index contributed by atoms with van der Waals surface area (Å²) in [4.78, 5) is 11.5. The third kappa shape index (κ3) is 0.891. The van der Waals surface area contributed by atoms with Gasteiger partial charge >= 0.3 is 0 Å². The highest BCUT2D eigenvalue weighted by Crippen LogP contribution is 2.59. The smallest absolute Gasteiger partial charge is 0.226 e. The van der Waals surface area contributed by atoms with Crippen LogP contribution >= 0.6 is 0 Å². The van der Waals surface area contributed by atoms with Crippen LogP contribution in [0.4, 0.5) is 0 Å². The zero-order valence-corrected chi connectivity index (χ0v) is 7.34. The molecule has 2 rings (SSSR count). The molecule has 0 aromatic carbocycles. The standard InChI is InChI=1S/C9H15NO2/c1-2-6-3-9(6)4-7(5-11)10-8(9)12/h6-7,11H,2-5H2,1H3,(H,10,12). The van der Waals surface area contributed by atoms with Crippen LogP contribution in [0, 0.1) is 11.3 Å². The molecule has 0 aromatic rings. The van der Waals surface area contributed by atoms with Crippen molar-refractivity contribution in [1.82, 2.24) is 5.32 Å². The quantitative estimate of drug-likeness (QED) is 0.624. The van der Waals surface area contributed by atoms with Crippen LogP contribution in [0.25, 0.3) is 0 Å². The summed E-state index contributed by atoms with van der Waals surface area (Å²) in [5.74, 6) is 0.752. The lowest BCUT2D eigenvalue weighted by molar-refractivity contribution is -0.124. The average molecular weight is 169 g/mol. The van der Waals surface area contributed by atoms with Crippen molar-refractivity contribution < 1.29 is 9.90 Å². The molecule has 12 heavy (non-hydrogen) atoms. The molecular weight excluding hydrogens is 154 g/mol. The van der Waals surface area contributed by atoms with E-state index < -0.39 is 0 Å². The lowest BCUT2D eigenvalue weighted by atomic mass is 9.98. The second-order valence-corrected chi connectivity index (χ2v) is 4.02. The Bertz CT molecular complexity index is 215. The summed E-state index contributed by atoms with van der Waals surface area (Å²) in [7, 11) is 0. The van der Waals surface area contributed by atoms with Gasteiger partial charge in [-0.05, 0) is 18.8 Å². The van der Waals surface area contributed by atoms with E-state index in [9.17, 15) is 4.79 Å². The second kappa shape index (κ2) is 2.46. The van der Waals surface area contributed by atoms with E-state index in [1.165, 1.54) is 0 Å². The molecule has 0 radical (unpaired) electrons. The first-order chi connectivity index (χ1) is 5.73. The number of amides is 1. The molecule has 2 N–H and O–H groups in total. The predicted molar refractivity (Wildman–Crippen MR) is 44.5 cm³/mol. The minimum Gasteiger partial charge on any atom is -0.394 e. The minimum absolute atomic E-state index is 0.0223. The second-order valence-electron chi connectivity index (χ2n) is 4.02. The zero-order valence-electron chi connectivity index (χ0n) is 7.34. The van der Waals surface area contributed by atoms with Crippen LogP contribution in [0.2, 0.25) is 0 Å². The fraction of sp³-hybridized carbons (Fsp3) is 0.889. The van der Waals surface area contributed by atoms with Crippen LogP contribution in [-0.4, -0.2) is 23.7 Å². The van der Waals surface area contributed by atoms with E-state index in [0.717, 1.165) is 19.3 Å². The molecule has 68 valence electrons. The van der Waals surface area contributed by atoms with E-state index >= 15 is 0 Å². The van der Waals surface area contributed by atoms with E-state index in [4.69, 9.17) is 5.11 Å². The topological polar surface area (TPSA) is 49.3 Å². The van der Waals surface area contributed by atoms with Gasteiger partial charge in [-0.2, -0.15) is 0 Å². The van der Waals surface area contributed by atoms with Gasteiger partial charge in [-0.25, -0.2) is 0 Å². The molecule has 2 aliphatic rings. The van der Waals surface area contributed by atoms with E-state index in [1.54, 1.807) is 0 Å². The number of hydrogen-bond acceptors (Lipinski definition) is 2. The molecule has 3 nitrogen and oxygen atoms in total.